The highest BCUT2D eigenvalue weighted by Gasteiger charge is 2.31. The van der Waals surface area contributed by atoms with Gasteiger partial charge in [0.25, 0.3) is 0 Å². The highest BCUT2D eigenvalue weighted by molar-refractivity contribution is 5.91. The minimum Gasteiger partial charge on any atom is -0.494 e. The number of carbonyl (C=O) groups excluding carboxylic acids is 1. The van der Waals surface area contributed by atoms with Crippen molar-refractivity contribution in [2.75, 3.05) is 6.61 Å². The fraction of sp³-hybridized carbons (Fsp3) is 0.176. The maximum absolute atomic E-state index is 13.2. The number of fused-ring (bicyclic) bond motifs is 1. The molecule has 1 atom stereocenters. The molecule has 1 heterocycles. The van der Waals surface area contributed by atoms with Crippen LogP contribution in [0.4, 0.5) is 4.39 Å². The molecule has 7 nitrogen and oxygen atoms in total. The van der Waals surface area contributed by atoms with Crippen LogP contribution in [0.25, 0.3) is 0 Å². The molecule has 0 aliphatic carbocycles. The molecule has 2 N–H and O–H groups in total. The van der Waals surface area contributed by atoms with E-state index in [9.17, 15) is 14.4 Å². The zero-order valence-corrected chi connectivity index (χ0v) is 23.0. The Bertz CT molecular complexity index is 1640. The summed E-state index contributed by atoms with van der Waals surface area (Å²) in [5.74, 6) is 0.516. The molecular formula is C34H29FN2O5. The lowest BCUT2D eigenvalue weighted by Crippen LogP contribution is -2.21. The number of carbonyl (C=O) groups is 1. The van der Waals surface area contributed by atoms with Crippen molar-refractivity contribution in [1.29, 1.82) is 5.26 Å². The predicted molar refractivity (Wildman–Crippen MR) is 155 cm³/mol. The first-order valence-electron chi connectivity index (χ1n) is 13.6. The Hall–Kier alpha value is -5.29. The molecule has 0 spiro atoms. The van der Waals surface area contributed by atoms with Gasteiger partial charge >= 0.3 is 5.97 Å². The Labute approximate surface area is 243 Å². The predicted octanol–water partition coefficient (Wildman–Crippen LogP) is 7.02. The molecule has 212 valence electrons. The number of esters is 1. The van der Waals surface area contributed by atoms with Crippen LogP contribution in [0.5, 0.6) is 23.0 Å². The molecule has 0 aromatic heterocycles. The van der Waals surface area contributed by atoms with Crippen molar-refractivity contribution in [3.63, 3.8) is 0 Å². The first kappa shape index (κ1) is 28.2. The van der Waals surface area contributed by atoms with Gasteiger partial charge in [0.05, 0.1) is 18.1 Å². The number of nitrogens with zero attached hydrogens (tertiary/aromatic N) is 1. The number of ether oxygens (including phenoxy) is 4. The number of nitriles is 1. The molecule has 0 saturated heterocycles. The molecule has 0 radical (unpaired) electrons. The summed E-state index contributed by atoms with van der Waals surface area (Å²) in [6.07, 6.45) is 1.93. The molecule has 1 aliphatic heterocycles. The van der Waals surface area contributed by atoms with Gasteiger partial charge in [0.2, 0.25) is 5.88 Å². The summed E-state index contributed by atoms with van der Waals surface area (Å²) in [4.78, 5) is 12.9. The Balaban J connectivity index is 1.32. The van der Waals surface area contributed by atoms with Crippen molar-refractivity contribution in [2.24, 2.45) is 5.73 Å². The number of unbranched alkanes of at least 4 members (excludes halogenated alkanes) is 1. The average Bonchev–Trinajstić information content (AvgIpc) is 3.00. The van der Waals surface area contributed by atoms with Crippen LogP contribution in [-0.4, -0.2) is 12.6 Å². The summed E-state index contributed by atoms with van der Waals surface area (Å²) < 4.78 is 36.1. The van der Waals surface area contributed by atoms with Gasteiger partial charge in [-0.1, -0.05) is 49.7 Å². The van der Waals surface area contributed by atoms with Gasteiger partial charge < -0.3 is 24.7 Å². The lowest BCUT2D eigenvalue weighted by Gasteiger charge is -2.26. The standard InChI is InChI=1S/C34H29FN2O5/c1-2-3-17-39-27-6-4-5-24(18-27)34(38)41-28-15-16-29-31(19-28)42-33(37)30(20-36)32(29)23-9-13-26(14-10-23)40-21-22-7-11-25(35)12-8-22/h4-16,18-19,32H,2-3,17,21,37H2,1H3. The molecule has 5 rings (SSSR count). The Morgan fingerprint density at radius 1 is 0.952 bits per heavy atom. The normalized spacial score (nSPS) is 13.9. The highest BCUT2D eigenvalue weighted by atomic mass is 19.1. The molecule has 0 fully saturated rings. The van der Waals surface area contributed by atoms with Gasteiger partial charge in [0.15, 0.2) is 0 Å². The second-order valence-electron chi connectivity index (χ2n) is 9.73. The van der Waals surface area contributed by atoms with Gasteiger partial charge in [-0.2, -0.15) is 5.26 Å². The quantitative estimate of drug-likeness (QED) is 0.125. The zero-order chi connectivity index (χ0) is 29.5. The van der Waals surface area contributed by atoms with E-state index in [1.165, 1.54) is 12.1 Å². The Morgan fingerprint density at radius 3 is 2.45 bits per heavy atom. The molecule has 1 unspecified atom stereocenters. The van der Waals surface area contributed by atoms with Crippen LogP contribution < -0.4 is 24.7 Å². The van der Waals surface area contributed by atoms with E-state index in [1.54, 1.807) is 66.7 Å². The van der Waals surface area contributed by atoms with Gasteiger partial charge in [-0.3, -0.25) is 0 Å². The largest absolute Gasteiger partial charge is 0.494 e. The topological polar surface area (TPSA) is 104 Å². The van der Waals surface area contributed by atoms with Gasteiger partial charge in [-0.15, -0.1) is 0 Å². The molecule has 0 amide bonds. The van der Waals surface area contributed by atoms with Crippen molar-refractivity contribution < 1.29 is 28.1 Å². The molecular weight excluding hydrogens is 535 g/mol. The van der Waals surface area contributed by atoms with E-state index in [0.29, 0.717) is 35.0 Å². The van der Waals surface area contributed by atoms with Gasteiger partial charge in [0.1, 0.15) is 47.1 Å². The number of nitrogens with two attached hydrogens (primary N) is 1. The Morgan fingerprint density at radius 2 is 1.71 bits per heavy atom. The van der Waals surface area contributed by atoms with E-state index in [-0.39, 0.29) is 29.6 Å². The Kier molecular flexibility index (Phi) is 8.69. The molecule has 4 aromatic carbocycles. The SMILES string of the molecule is CCCCOc1cccc(C(=O)Oc2ccc3c(c2)OC(N)=C(C#N)C3c2ccc(OCc3ccc(F)cc3)cc2)c1. The molecule has 0 saturated carbocycles. The van der Waals surface area contributed by atoms with E-state index in [4.69, 9.17) is 24.7 Å². The molecule has 42 heavy (non-hydrogen) atoms. The molecule has 0 bridgehead atoms. The fourth-order valence-corrected chi connectivity index (χ4v) is 4.56. The van der Waals surface area contributed by atoms with Crippen molar-refractivity contribution in [3.8, 4) is 29.1 Å². The van der Waals surface area contributed by atoms with E-state index in [1.807, 2.05) is 12.1 Å². The number of rotatable bonds is 10. The lowest BCUT2D eigenvalue weighted by atomic mass is 9.83. The van der Waals surface area contributed by atoms with Crippen molar-refractivity contribution >= 4 is 5.97 Å². The van der Waals surface area contributed by atoms with Crippen LogP contribution in [0.15, 0.2) is 102 Å². The molecule has 8 heteroatoms. The van der Waals surface area contributed by atoms with Gasteiger partial charge in [-0.05, 0) is 66.1 Å². The van der Waals surface area contributed by atoms with Crippen LogP contribution in [0, 0.1) is 17.1 Å². The molecule has 4 aromatic rings. The third-order valence-corrected chi connectivity index (χ3v) is 6.77. The minimum absolute atomic E-state index is 0.0213. The first-order chi connectivity index (χ1) is 20.4. The van der Waals surface area contributed by atoms with Crippen molar-refractivity contribution in [1.82, 2.24) is 0 Å². The maximum Gasteiger partial charge on any atom is 0.343 e. The van der Waals surface area contributed by atoms with Crippen LogP contribution in [0.1, 0.15) is 52.7 Å². The van der Waals surface area contributed by atoms with E-state index in [2.05, 4.69) is 13.0 Å². The number of hydrogen-bond acceptors (Lipinski definition) is 7. The summed E-state index contributed by atoms with van der Waals surface area (Å²) in [6.45, 7) is 2.94. The summed E-state index contributed by atoms with van der Waals surface area (Å²) >= 11 is 0. The third kappa shape index (κ3) is 6.53. The number of halogens is 1. The van der Waals surface area contributed by atoms with E-state index in [0.717, 1.165) is 24.0 Å². The van der Waals surface area contributed by atoms with Crippen LogP contribution in [0.2, 0.25) is 0 Å². The third-order valence-electron chi connectivity index (χ3n) is 6.77. The van der Waals surface area contributed by atoms with Gasteiger partial charge in [0, 0.05) is 11.6 Å². The summed E-state index contributed by atoms with van der Waals surface area (Å²) in [5, 5.41) is 9.89. The smallest absolute Gasteiger partial charge is 0.343 e. The number of hydrogen-bond donors (Lipinski definition) is 1. The zero-order valence-electron chi connectivity index (χ0n) is 23.0. The maximum atomic E-state index is 13.2. The fourth-order valence-electron chi connectivity index (χ4n) is 4.56. The monoisotopic (exact) mass is 564 g/mol. The van der Waals surface area contributed by atoms with Gasteiger partial charge in [-0.25, -0.2) is 9.18 Å². The van der Waals surface area contributed by atoms with Crippen LogP contribution >= 0.6 is 0 Å². The minimum atomic E-state index is -0.541. The van der Waals surface area contributed by atoms with E-state index >= 15 is 0 Å². The lowest BCUT2D eigenvalue weighted by molar-refractivity contribution is 0.0734. The van der Waals surface area contributed by atoms with E-state index < -0.39 is 11.9 Å². The van der Waals surface area contributed by atoms with Crippen molar-refractivity contribution in [3.05, 3.63) is 131 Å². The second-order valence-corrected chi connectivity index (χ2v) is 9.73. The second kappa shape index (κ2) is 12.9. The average molecular weight is 565 g/mol. The van der Waals surface area contributed by atoms with Crippen LogP contribution in [0.3, 0.4) is 0 Å². The molecule has 1 aliphatic rings. The first-order valence-corrected chi connectivity index (χ1v) is 13.6. The summed E-state index contributed by atoms with van der Waals surface area (Å²) in [6, 6.07) is 27.4. The highest BCUT2D eigenvalue weighted by Crippen LogP contribution is 2.43. The number of allylic oxidation sites excluding steroid dienone is 1. The van der Waals surface area contributed by atoms with Crippen LogP contribution in [-0.2, 0) is 6.61 Å². The summed E-state index contributed by atoms with van der Waals surface area (Å²) in [5.41, 5.74) is 9.12. The summed E-state index contributed by atoms with van der Waals surface area (Å²) in [7, 11) is 0. The van der Waals surface area contributed by atoms with Crippen molar-refractivity contribution in [2.45, 2.75) is 32.3 Å². The number of benzene rings is 4.